The summed E-state index contributed by atoms with van der Waals surface area (Å²) in [5, 5.41) is 69.6. The van der Waals surface area contributed by atoms with E-state index in [1.807, 2.05) is 0 Å². The molecule has 0 radical (unpaired) electrons. The molecule has 8 atom stereocenters. The fourth-order valence-corrected chi connectivity index (χ4v) is 3.36. The summed E-state index contributed by atoms with van der Waals surface area (Å²) in [6.07, 6.45) is -10.8. The van der Waals surface area contributed by atoms with E-state index in [-0.39, 0.29) is 17.1 Å². The van der Waals surface area contributed by atoms with E-state index in [1.165, 1.54) is 6.07 Å². The fraction of sp³-hybridized carbons (Fsp3) is 0.632. The Morgan fingerprint density at radius 3 is 2.50 bits per heavy atom. The van der Waals surface area contributed by atoms with E-state index in [0.29, 0.717) is 0 Å². The highest BCUT2D eigenvalue weighted by Crippen LogP contribution is 2.33. The molecule has 0 amide bonds. The molecule has 0 saturated carbocycles. The van der Waals surface area contributed by atoms with Crippen molar-refractivity contribution >= 4 is 5.97 Å². The van der Waals surface area contributed by atoms with Crippen LogP contribution in [0, 0.1) is 0 Å². The van der Waals surface area contributed by atoms with Crippen LogP contribution in [-0.2, 0) is 18.9 Å². The third-order valence-electron chi connectivity index (χ3n) is 5.32. The molecule has 0 aliphatic carbocycles. The van der Waals surface area contributed by atoms with Gasteiger partial charge in [-0.15, -0.1) is 0 Å². The predicted molar refractivity (Wildman–Crippen MR) is 100 cm³/mol. The van der Waals surface area contributed by atoms with E-state index in [2.05, 4.69) is 4.74 Å². The van der Waals surface area contributed by atoms with Gasteiger partial charge in [0.15, 0.2) is 12.4 Å². The van der Waals surface area contributed by atoms with E-state index < -0.39 is 74.5 Å². The topological polar surface area (TPSA) is 205 Å². The summed E-state index contributed by atoms with van der Waals surface area (Å²) < 4.78 is 26.4. The highest BCUT2D eigenvalue weighted by molar-refractivity contribution is 5.92. The average molecular weight is 462 g/mol. The lowest BCUT2D eigenvalue weighted by Gasteiger charge is -2.42. The van der Waals surface area contributed by atoms with Gasteiger partial charge in [-0.1, -0.05) is 0 Å². The summed E-state index contributed by atoms with van der Waals surface area (Å²) in [7, 11) is 1.12. The van der Waals surface area contributed by atoms with Crippen LogP contribution in [0.3, 0.4) is 0 Å². The Kier molecular flexibility index (Phi) is 7.54. The molecule has 3 rings (SSSR count). The zero-order chi connectivity index (χ0) is 23.6. The zero-order valence-corrected chi connectivity index (χ0v) is 17.0. The molecule has 2 fully saturated rings. The van der Waals surface area contributed by atoms with Gasteiger partial charge in [-0.2, -0.15) is 0 Å². The summed E-state index contributed by atoms with van der Waals surface area (Å²) in [4.78, 5) is 11.8. The maximum absolute atomic E-state index is 11.8. The van der Waals surface area contributed by atoms with Crippen LogP contribution in [0.5, 0.6) is 11.5 Å². The van der Waals surface area contributed by atoms with Crippen LogP contribution >= 0.6 is 0 Å². The van der Waals surface area contributed by atoms with Crippen LogP contribution in [0.1, 0.15) is 10.4 Å². The minimum atomic E-state index is -2.00. The summed E-state index contributed by atoms with van der Waals surface area (Å²) in [6.45, 7) is -1.97. The van der Waals surface area contributed by atoms with Crippen molar-refractivity contribution in [1.82, 2.24) is 0 Å². The van der Waals surface area contributed by atoms with Crippen molar-refractivity contribution in [2.75, 3.05) is 26.9 Å². The first kappa shape index (κ1) is 24.6. The molecule has 0 unspecified atom stereocenters. The molecule has 0 bridgehead atoms. The quantitative estimate of drug-likeness (QED) is 0.200. The Morgan fingerprint density at radius 1 is 1.19 bits per heavy atom. The second kappa shape index (κ2) is 9.82. The van der Waals surface area contributed by atoms with E-state index in [0.717, 1.165) is 19.2 Å². The number of phenols is 1. The second-order valence-electron chi connectivity index (χ2n) is 7.48. The molecule has 1 aromatic rings. The highest BCUT2D eigenvalue weighted by Gasteiger charge is 2.53. The number of rotatable bonds is 7. The van der Waals surface area contributed by atoms with Gasteiger partial charge in [0, 0.05) is 0 Å². The molecule has 1 aromatic carbocycles. The molecule has 32 heavy (non-hydrogen) atoms. The van der Waals surface area contributed by atoms with Crippen molar-refractivity contribution in [1.29, 1.82) is 0 Å². The molecular formula is C19H26O13. The van der Waals surface area contributed by atoms with Gasteiger partial charge >= 0.3 is 5.97 Å². The van der Waals surface area contributed by atoms with Gasteiger partial charge < -0.3 is 59.4 Å². The standard InChI is InChI=1S/C19H26O13/c1-28-16(26)9-4-8(2-3-10(9)22)30-17-14(13(24)12(23)11(5-20)31-17)32-18-15(25)19(27,6-21)7-29-18/h2-4,11-15,17-18,20-25,27H,5-7H2,1H3/t11-,12-,13+,14-,15+,17-,18+,19-/m1/s1. The van der Waals surface area contributed by atoms with Gasteiger partial charge in [0.1, 0.15) is 47.1 Å². The Hall–Kier alpha value is -2.07. The number of ether oxygens (including phenoxy) is 5. The monoisotopic (exact) mass is 462 g/mol. The summed E-state index contributed by atoms with van der Waals surface area (Å²) >= 11 is 0. The molecular weight excluding hydrogens is 436 g/mol. The Labute approximate surface area is 181 Å². The van der Waals surface area contributed by atoms with Gasteiger partial charge in [-0.05, 0) is 18.2 Å². The summed E-state index contributed by atoms with van der Waals surface area (Å²) in [5.74, 6) is -1.25. The summed E-state index contributed by atoms with van der Waals surface area (Å²) in [6, 6.07) is 3.57. The van der Waals surface area contributed by atoms with Crippen molar-refractivity contribution < 1.29 is 64.2 Å². The van der Waals surface area contributed by atoms with Crippen LogP contribution in [0.4, 0.5) is 0 Å². The largest absolute Gasteiger partial charge is 0.507 e. The molecule has 7 N–H and O–H groups in total. The number of aliphatic hydroxyl groups excluding tert-OH is 5. The fourth-order valence-electron chi connectivity index (χ4n) is 3.36. The number of hydrogen-bond acceptors (Lipinski definition) is 13. The molecule has 2 aliphatic heterocycles. The number of phenolic OH excluding ortho intramolecular Hbond substituents is 1. The van der Waals surface area contributed by atoms with Gasteiger partial charge in [0.2, 0.25) is 6.29 Å². The average Bonchev–Trinajstić information content (AvgIpc) is 3.08. The SMILES string of the molecule is COC(=O)c1cc(O[C@@H]2O[C@H](CO)[C@@H](O)[C@H](O)[C@H]2O[C@@H]2OC[C@](O)(CO)[C@H]2O)ccc1O. The van der Waals surface area contributed by atoms with Crippen LogP contribution in [0.2, 0.25) is 0 Å². The molecule has 2 heterocycles. The highest BCUT2D eigenvalue weighted by atomic mass is 16.8. The number of aliphatic hydroxyl groups is 6. The molecule has 13 nitrogen and oxygen atoms in total. The Morgan fingerprint density at radius 2 is 1.91 bits per heavy atom. The number of benzene rings is 1. The molecule has 2 saturated heterocycles. The van der Waals surface area contributed by atoms with Crippen molar-refractivity contribution in [3.8, 4) is 11.5 Å². The lowest BCUT2D eigenvalue weighted by atomic mass is 9.98. The number of hydrogen-bond donors (Lipinski definition) is 7. The van der Waals surface area contributed by atoms with Gasteiger partial charge in [-0.25, -0.2) is 4.79 Å². The van der Waals surface area contributed by atoms with Crippen LogP contribution < -0.4 is 4.74 Å². The van der Waals surface area contributed by atoms with Crippen LogP contribution in [0.15, 0.2) is 18.2 Å². The third-order valence-corrected chi connectivity index (χ3v) is 5.32. The first-order valence-electron chi connectivity index (χ1n) is 9.64. The molecule has 180 valence electrons. The van der Waals surface area contributed by atoms with Gasteiger partial charge in [0.25, 0.3) is 0 Å². The lowest BCUT2D eigenvalue weighted by molar-refractivity contribution is -0.318. The number of methoxy groups -OCH3 is 1. The molecule has 0 spiro atoms. The molecule has 2 aliphatic rings. The minimum Gasteiger partial charge on any atom is -0.507 e. The normalized spacial score (nSPS) is 37.3. The molecule has 0 aromatic heterocycles. The first-order chi connectivity index (χ1) is 15.1. The zero-order valence-electron chi connectivity index (χ0n) is 17.0. The minimum absolute atomic E-state index is 0.0261. The number of carbonyl (C=O) groups excluding carboxylic acids is 1. The van der Waals surface area contributed by atoms with Crippen molar-refractivity contribution in [3.05, 3.63) is 23.8 Å². The predicted octanol–water partition coefficient (Wildman–Crippen LogP) is -3.18. The van der Waals surface area contributed by atoms with E-state index >= 15 is 0 Å². The smallest absolute Gasteiger partial charge is 0.341 e. The van der Waals surface area contributed by atoms with E-state index in [9.17, 15) is 40.5 Å². The Balaban J connectivity index is 1.85. The van der Waals surface area contributed by atoms with Crippen molar-refractivity contribution in [2.45, 2.75) is 48.7 Å². The van der Waals surface area contributed by atoms with Crippen LogP contribution in [0.25, 0.3) is 0 Å². The van der Waals surface area contributed by atoms with Crippen LogP contribution in [-0.4, -0.2) is 117 Å². The van der Waals surface area contributed by atoms with E-state index in [4.69, 9.17) is 18.9 Å². The molecule has 13 heteroatoms. The summed E-state index contributed by atoms with van der Waals surface area (Å²) in [5.41, 5.74) is -2.22. The maximum atomic E-state index is 11.8. The van der Waals surface area contributed by atoms with Crippen molar-refractivity contribution in [2.24, 2.45) is 0 Å². The first-order valence-corrected chi connectivity index (χ1v) is 9.64. The van der Waals surface area contributed by atoms with E-state index in [1.54, 1.807) is 0 Å². The number of esters is 1. The lowest BCUT2D eigenvalue weighted by Crippen LogP contribution is -2.62. The van der Waals surface area contributed by atoms with Crippen molar-refractivity contribution in [3.63, 3.8) is 0 Å². The number of aromatic hydroxyl groups is 1. The maximum Gasteiger partial charge on any atom is 0.341 e. The van der Waals surface area contributed by atoms with Gasteiger partial charge in [0.05, 0.1) is 26.9 Å². The Bertz CT molecular complexity index is 803. The second-order valence-corrected chi connectivity index (χ2v) is 7.48. The third kappa shape index (κ3) is 4.66. The van der Waals surface area contributed by atoms with Gasteiger partial charge in [-0.3, -0.25) is 0 Å². The number of carbonyl (C=O) groups is 1.